The molecule has 9 nitrogen and oxygen atoms in total. The number of benzene rings is 1. The van der Waals surface area contributed by atoms with Crippen LogP contribution in [0.1, 0.15) is 60.5 Å². The van der Waals surface area contributed by atoms with Gasteiger partial charge in [-0.3, -0.25) is 4.79 Å². The van der Waals surface area contributed by atoms with Crippen molar-refractivity contribution in [2.24, 2.45) is 0 Å². The van der Waals surface area contributed by atoms with E-state index in [0.717, 1.165) is 33.5 Å². The van der Waals surface area contributed by atoms with Crippen LogP contribution in [0.2, 0.25) is 0 Å². The van der Waals surface area contributed by atoms with Gasteiger partial charge in [-0.2, -0.15) is 5.10 Å². The molecule has 1 aliphatic rings. The molecule has 1 atom stereocenters. The highest BCUT2D eigenvalue weighted by Crippen LogP contribution is 2.35. The van der Waals surface area contributed by atoms with E-state index in [2.05, 4.69) is 22.0 Å². The Hall–Kier alpha value is -4.08. The Morgan fingerprint density at radius 1 is 1.41 bits per heavy atom. The summed E-state index contributed by atoms with van der Waals surface area (Å²) < 4.78 is 20.0. The van der Waals surface area contributed by atoms with Gasteiger partial charge in [-0.05, 0) is 42.5 Å². The Labute approximate surface area is 181 Å². The fourth-order valence-corrected chi connectivity index (χ4v) is 3.90. The summed E-state index contributed by atoms with van der Waals surface area (Å²) in [6.45, 7) is 5.46. The number of fused-ring (bicyclic) bond motifs is 2. The molecule has 0 saturated carbocycles. The number of aromatic nitrogens is 3. The first kappa shape index (κ1) is 21.2. The van der Waals surface area contributed by atoms with E-state index in [1.165, 1.54) is 6.08 Å². The van der Waals surface area contributed by atoms with Gasteiger partial charge >= 0.3 is 11.9 Å². The Kier molecular flexibility index (Phi) is 5.43. The van der Waals surface area contributed by atoms with Crippen molar-refractivity contribution in [2.75, 3.05) is 6.61 Å². The number of amides is 1. The second kappa shape index (κ2) is 8.22. The molecule has 0 bridgehead atoms. The number of halogens is 1. The minimum atomic E-state index is -1.39. The average molecular weight is 438 g/mol. The standard InChI is InChI=1S/C22H19FN4O5/c1-3-8-32-22(31)13-4-5-14-12(11(13)2)6-7-16(14)26-20(28)18-9-17(21(29)30)25-19-15(23)10-24-27(18)19/h3-5,9-10,16H,1,6-8H2,2H3,(H,26,28)(H,29,30)/t16-/m0/s1. The fourth-order valence-electron chi connectivity index (χ4n) is 3.90. The maximum Gasteiger partial charge on any atom is 0.354 e. The number of carbonyl (C=O) groups excluding carboxylic acids is 2. The number of carbonyl (C=O) groups is 3. The minimum Gasteiger partial charge on any atom is -0.477 e. The lowest BCUT2D eigenvalue weighted by atomic mass is 9.98. The SMILES string of the molecule is C=CCOC(=O)c1ccc2c(c1C)CC[C@@H]2NC(=O)c1cc(C(=O)O)nc2c(F)cnn12. The summed E-state index contributed by atoms with van der Waals surface area (Å²) in [7, 11) is 0. The number of nitrogens with one attached hydrogen (secondary N) is 1. The molecule has 0 aliphatic heterocycles. The van der Waals surface area contributed by atoms with Crippen LogP contribution in [0.25, 0.3) is 5.65 Å². The van der Waals surface area contributed by atoms with E-state index in [4.69, 9.17) is 4.74 Å². The molecule has 2 aromatic heterocycles. The third-order valence-electron chi connectivity index (χ3n) is 5.43. The van der Waals surface area contributed by atoms with Crippen LogP contribution in [0, 0.1) is 12.7 Å². The highest BCUT2D eigenvalue weighted by atomic mass is 19.1. The molecule has 1 aliphatic carbocycles. The van der Waals surface area contributed by atoms with E-state index in [1.54, 1.807) is 12.1 Å². The first-order valence-corrected chi connectivity index (χ1v) is 9.80. The zero-order valence-corrected chi connectivity index (χ0v) is 17.1. The Bertz CT molecular complexity index is 1280. The molecule has 10 heteroatoms. The van der Waals surface area contributed by atoms with Gasteiger partial charge in [0, 0.05) is 6.07 Å². The average Bonchev–Trinajstić information content (AvgIpc) is 3.35. The van der Waals surface area contributed by atoms with Crippen molar-refractivity contribution >= 4 is 23.5 Å². The number of rotatable bonds is 6. The molecule has 3 aromatic rings. The van der Waals surface area contributed by atoms with Crippen molar-refractivity contribution < 1.29 is 28.6 Å². The second-order valence-corrected chi connectivity index (χ2v) is 7.32. The molecule has 0 radical (unpaired) electrons. The van der Waals surface area contributed by atoms with E-state index >= 15 is 0 Å². The first-order valence-electron chi connectivity index (χ1n) is 9.80. The summed E-state index contributed by atoms with van der Waals surface area (Å²) >= 11 is 0. The third kappa shape index (κ3) is 3.59. The molecular formula is C22H19FN4O5. The van der Waals surface area contributed by atoms with E-state index < -0.39 is 29.4 Å². The van der Waals surface area contributed by atoms with Crippen molar-refractivity contribution in [3.05, 3.63) is 76.5 Å². The quantitative estimate of drug-likeness (QED) is 0.448. The van der Waals surface area contributed by atoms with Crippen LogP contribution in [-0.4, -0.2) is 44.2 Å². The molecule has 0 spiro atoms. The summed E-state index contributed by atoms with van der Waals surface area (Å²) in [4.78, 5) is 40.3. The zero-order chi connectivity index (χ0) is 23.0. The number of hydrogen-bond acceptors (Lipinski definition) is 6. The van der Waals surface area contributed by atoms with Gasteiger partial charge in [0.1, 0.15) is 12.3 Å². The number of esters is 1. The molecule has 1 aromatic carbocycles. The third-order valence-corrected chi connectivity index (χ3v) is 5.43. The topological polar surface area (TPSA) is 123 Å². The molecular weight excluding hydrogens is 419 g/mol. The Morgan fingerprint density at radius 2 is 2.19 bits per heavy atom. The smallest absolute Gasteiger partial charge is 0.354 e. The zero-order valence-electron chi connectivity index (χ0n) is 17.1. The van der Waals surface area contributed by atoms with Gasteiger partial charge in [0.25, 0.3) is 5.91 Å². The molecule has 0 unspecified atom stereocenters. The lowest BCUT2D eigenvalue weighted by Gasteiger charge is -2.16. The highest BCUT2D eigenvalue weighted by molar-refractivity contribution is 5.96. The number of ether oxygens (including phenoxy) is 1. The fraction of sp³-hybridized carbons (Fsp3) is 0.227. The Morgan fingerprint density at radius 3 is 2.91 bits per heavy atom. The molecule has 4 rings (SSSR count). The summed E-state index contributed by atoms with van der Waals surface area (Å²) in [5.41, 5.74) is 2.07. The van der Waals surface area contributed by atoms with Gasteiger partial charge in [0.05, 0.1) is 17.8 Å². The van der Waals surface area contributed by atoms with Crippen LogP contribution in [-0.2, 0) is 11.2 Å². The van der Waals surface area contributed by atoms with Crippen LogP contribution < -0.4 is 5.32 Å². The van der Waals surface area contributed by atoms with E-state index in [1.807, 2.05) is 6.92 Å². The van der Waals surface area contributed by atoms with Gasteiger partial charge in [0.2, 0.25) is 0 Å². The minimum absolute atomic E-state index is 0.112. The molecule has 0 fully saturated rings. The number of hydrogen-bond donors (Lipinski definition) is 2. The first-order chi connectivity index (χ1) is 15.3. The lowest BCUT2D eigenvalue weighted by molar-refractivity contribution is 0.0548. The van der Waals surface area contributed by atoms with Crippen molar-refractivity contribution in [1.82, 2.24) is 19.9 Å². The molecule has 2 heterocycles. The van der Waals surface area contributed by atoms with Crippen LogP contribution >= 0.6 is 0 Å². The normalized spacial score (nSPS) is 14.8. The predicted molar refractivity (Wildman–Crippen MR) is 110 cm³/mol. The van der Waals surface area contributed by atoms with Crippen molar-refractivity contribution in [2.45, 2.75) is 25.8 Å². The number of nitrogens with zero attached hydrogens (tertiary/aromatic N) is 3. The second-order valence-electron chi connectivity index (χ2n) is 7.32. The van der Waals surface area contributed by atoms with E-state index in [0.29, 0.717) is 18.4 Å². The summed E-state index contributed by atoms with van der Waals surface area (Å²) in [5.74, 6) is -3.29. The summed E-state index contributed by atoms with van der Waals surface area (Å²) in [6, 6.07) is 4.10. The predicted octanol–water partition coefficient (Wildman–Crippen LogP) is 2.64. The van der Waals surface area contributed by atoms with E-state index in [-0.39, 0.29) is 24.0 Å². The molecule has 32 heavy (non-hydrogen) atoms. The molecule has 1 amide bonds. The largest absolute Gasteiger partial charge is 0.477 e. The Balaban J connectivity index is 1.63. The molecule has 2 N–H and O–H groups in total. The van der Waals surface area contributed by atoms with Crippen LogP contribution in [0.3, 0.4) is 0 Å². The van der Waals surface area contributed by atoms with Crippen molar-refractivity contribution in [3.63, 3.8) is 0 Å². The van der Waals surface area contributed by atoms with Gasteiger partial charge in [-0.15, -0.1) is 0 Å². The van der Waals surface area contributed by atoms with Gasteiger partial charge in [-0.1, -0.05) is 18.7 Å². The van der Waals surface area contributed by atoms with Crippen LogP contribution in [0.15, 0.2) is 37.1 Å². The van der Waals surface area contributed by atoms with Crippen LogP contribution in [0.4, 0.5) is 4.39 Å². The van der Waals surface area contributed by atoms with Gasteiger partial charge in [-0.25, -0.2) is 23.5 Å². The number of carboxylic acids is 1. The lowest BCUT2D eigenvalue weighted by Crippen LogP contribution is -2.29. The van der Waals surface area contributed by atoms with Crippen molar-refractivity contribution in [1.29, 1.82) is 0 Å². The van der Waals surface area contributed by atoms with Gasteiger partial charge < -0.3 is 15.2 Å². The number of carboxylic acid groups (broad SMARTS) is 1. The highest BCUT2D eigenvalue weighted by Gasteiger charge is 2.29. The van der Waals surface area contributed by atoms with E-state index in [9.17, 15) is 23.9 Å². The summed E-state index contributed by atoms with van der Waals surface area (Å²) in [5, 5.41) is 15.9. The summed E-state index contributed by atoms with van der Waals surface area (Å²) in [6.07, 6.45) is 3.58. The molecule has 164 valence electrons. The monoisotopic (exact) mass is 438 g/mol. The maximum atomic E-state index is 13.9. The number of aromatic carboxylic acids is 1. The van der Waals surface area contributed by atoms with Gasteiger partial charge in [0.15, 0.2) is 17.2 Å². The van der Waals surface area contributed by atoms with Crippen molar-refractivity contribution in [3.8, 4) is 0 Å². The maximum absolute atomic E-state index is 13.9. The molecule has 0 saturated heterocycles. The van der Waals surface area contributed by atoms with Crippen LogP contribution in [0.5, 0.6) is 0 Å².